The Morgan fingerprint density at radius 1 is 1.14 bits per heavy atom. The van der Waals surface area contributed by atoms with Gasteiger partial charge in [-0.25, -0.2) is 0 Å². The zero-order valence-electron chi connectivity index (χ0n) is 23.5. The summed E-state index contributed by atoms with van der Waals surface area (Å²) in [5, 5.41) is 71.2. The fraction of sp³-hybridized carbons (Fsp3) is 0.370. The van der Waals surface area contributed by atoms with Crippen molar-refractivity contribution in [2.24, 2.45) is 11.8 Å². The lowest BCUT2D eigenvalue weighted by molar-refractivity contribution is -0.159. The number of anilines is 1. The van der Waals surface area contributed by atoms with Crippen molar-refractivity contribution in [3.05, 3.63) is 56.6 Å². The fourth-order valence-electron chi connectivity index (χ4n) is 6.62. The van der Waals surface area contributed by atoms with E-state index in [0.717, 1.165) is 0 Å². The number of fused-ring (bicyclic) bond motifs is 4. The second-order valence-electron chi connectivity index (χ2n) is 11.4. The smallest absolute Gasteiger partial charge is 0.282 e. The second kappa shape index (κ2) is 9.69. The molecule has 44 heavy (non-hydrogen) atoms. The van der Waals surface area contributed by atoms with E-state index in [1.54, 1.807) is 0 Å². The quantitative estimate of drug-likeness (QED) is 0.120. The third-order valence-corrected chi connectivity index (χ3v) is 8.70. The van der Waals surface area contributed by atoms with Crippen molar-refractivity contribution in [3.8, 4) is 5.75 Å². The number of H-pyrrole nitrogens is 2. The highest BCUT2D eigenvalue weighted by atomic mass is 16.3. The maximum atomic E-state index is 14.1. The SMILES string of the molecule is CN(C)[C@@H]1C(=O)C(C(=O)NCNc2nc3n[nH]nc3c(=O)[nH]2)=C(O)[C@]2(O)C(=O)C3=C(O)c4c(O)cccc4[C@](C)(O)[C@H]3C[C@@H]12. The molecule has 3 aromatic rings. The molecule has 0 unspecified atom stereocenters. The van der Waals surface area contributed by atoms with Gasteiger partial charge in [0.15, 0.2) is 16.9 Å². The van der Waals surface area contributed by atoms with Crippen molar-refractivity contribution in [3.63, 3.8) is 0 Å². The van der Waals surface area contributed by atoms with Crippen LogP contribution in [0, 0.1) is 11.8 Å². The van der Waals surface area contributed by atoms with E-state index in [9.17, 15) is 44.7 Å². The summed E-state index contributed by atoms with van der Waals surface area (Å²) in [6.07, 6.45) is -0.262. The number of phenols is 1. The number of hydrogen-bond donors (Lipinski definition) is 9. The first-order valence-corrected chi connectivity index (χ1v) is 13.4. The molecule has 3 aliphatic rings. The molecule has 5 atom stereocenters. The highest BCUT2D eigenvalue weighted by Crippen LogP contribution is 2.57. The fourth-order valence-corrected chi connectivity index (χ4v) is 6.62. The Morgan fingerprint density at radius 3 is 2.57 bits per heavy atom. The molecule has 17 nitrogen and oxygen atoms in total. The molecule has 1 aromatic carbocycles. The summed E-state index contributed by atoms with van der Waals surface area (Å²) in [6, 6.07) is 2.88. The maximum Gasteiger partial charge on any atom is 0.282 e. The molecule has 6 rings (SSSR count). The van der Waals surface area contributed by atoms with Gasteiger partial charge in [0, 0.05) is 17.4 Å². The number of aromatic hydroxyl groups is 1. The second-order valence-corrected chi connectivity index (χ2v) is 11.4. The van der Waals surface area contributed by atoms with Crippen LogP contribution in [-0.2, 0) is 20.0 Å². The number of aliphatic hydroxyl groups excluding tert-OH is 2. The van der Waals surface area contributed by atoms with E-state index in [1.165, 1.54) is 44.1 Å². The van der Waals surface area contributed by atoms with Crippen LogP contribution >= 0.6 is 0 Å². The number of nitrogens with zero attached hydrogens (tertiary/aromatic N) is 4. The minimum atomic E-state index is -2.86. The van der Waals surface area contributed by atoms with Crippen molar-refractivity contribution in [2.75, 3.05) is 26.1 Å². The largest absolute Gasteiger partial charge is 0.508 e. The van der Waals surface area contributed by atoms with Crippen molar-refractivity contribution in [1.29, 1.82) is 0 Å². The molecule has 1 amide bonds. The molecule has 0 saturated heterocycles. The first-order chi connectivity index (χ1) is 20.7. The number of ketones is 2. The minimum Gasteiger partial charge on any atom is -0.508 e. The number of nitrogens with one attached hydrogen (secondary N) is 4. The summed E-state index contributed by atoms with van der Waals surface area (Å²) in [5.41, 5.74) is -6.78. The van der Waals surface area contributed by atoms with Crippen LogP contribution in [0.4, 0.5) is 5.95 Å². The zero-order valence-corrected chi connectivity index (χ0v) is 23.5. The topological polar surface area (TPSA) is 267 Å². The molecular weight excluding hydrogens is 580 g/mol. The van der Waals surface area contributed by atoms with Crippen LogP contribution in [0.15, 0.2) is 39.9 Å². The average molecular weight is 609 g/mol. The molecule has 2 heterocycles. The molecule has 1 saturated carbocycles. The van der Waals surface area contributed by atoms with Gasteiger partial charge in [0.1, 0.15) is 22.8 Å². The number of amides is 1. The molecule has 1 fully saturated rings. The van der Waals surface area contributed by atoms with Crippen LogP contribution in [0.3, 0.4) is 0 Å². The number of aliphatic hydroxyl groups is 4. The molecule has 2 aromatic heterocycles. The van der Waals surface area contributed by atoms with E-state index in [1.807, 2.05) is 0 Å². The predicted octanol–water partition coefficient (Wildman–Crippen LogP) is -1.32. The van der Waals surface area contributed by atoms with Crippen molar-refractivity contribution < 1.29 is 39.9 Å². The lowest BCUT2D eigenvalue weighted by Crippen LogP contribution is -2.67. The van der Waals surface area contributed by atoms with E-state index in [2.05, 4.69) is 36.0 Å². The summed E-state index contributed by atoms with van der Waals surface area (Å²) in [7, 11) is 2.98. The first kappa shape index (κ1) is 29.0. The predicted molar refractivity (Wildman–Crippen MR) is 150 cm³/mol. The molecule has 0 aliphatic heterocycles. The van der Waals surface area contributed by atoms with Crippen LogP contribution in [0.1, 0.15) is 24.5 Å². The first-order valence-electron chi connectivity index (χ1n) is 13.4. The van der Waals surface area contributed by atoms with Crippen LogP contribution in [0.25, 0.3) is 16.9 Å². The van der Waals surface area contributed by atoms with E-state index < -0.39 is 87.2 Å². The monoisotopic (exact) mass is 608 g/mol. The van der Waals surface area contributed by atoms with E-state index in [0.29, 0.717) is 0 Å². The molecule has 9 N–H and O–H groups in total. The summed E-state index contributed by atoms with van der Waals surface area (Å²) < 4.78 is 0. The standard InChI is InChI=1S/C27H28N8O9/c1-26(43)9-5-4-6-12(36)13(9)18(37)14-10(26)7-11-17(35(2)3)19(38)15(21(40)27(11,44)20(14)39)23(41)28-8-29-25-30-22-16(24(42)31-25)32-34-33-22/h4-6,10-11,17,36-37,40,43-44H,7-8H2,1-3H3,(H,28,41)(H3,29,30,31,32,33,34,42)/t10-,11-,17-,26-,27+/m0/s1. The van der Waals surface area contributed by atoms with Gasteiger partial charge in [0.2, 0.25) is 17.4 Å². The minimum absolute atomic E-state index is 0.00298. The molecule has 3 aliphatic carbocycles. The van der Waals surface area contributed by atoms with Crippen molar-refractivity contribution in [2.45, 2.75) is 30.6 Å². The molecule has 17 heteroatoms. The number of benzene rings is 1. The van der Waals surface area contributed by atoms with Gasteiger partial charge >= 0.3 is 0 Å². The number of phenolic OH excluding ortho intramolecular Hbond substituents is 1. The van der Waals surface area contributed by atoms with Crippen LogP contribution in [0.5, 0.6) is 5.75 Å². The molecule has 0 radical (unpaired) electrons. The van der Waals surface area contributed by atoms with Crippen molar-refractivity contribution in [1.82, 2.24) is 35.6 Å². The third kappa shape index (κ3) is 3.86. The Balaban J connectivity index is 1.39. The van der Waals surface area contributed by atoms with Crippen LogP contribution in [0.2, 0.25) is 0 Å². The van der Waals surface area contributed by atoms with Crippen molar-refractivity contribution >= 4 is 40.3 Å². The number of aromatic nitrogens is 5. The number of likely N-dealkylation sites (N-methyl/N-ethyl adjacent to an activating group) is 1. The summed E-state index contributed by atoms with van der Waals surface area (Å²) in [6.45, 7) is 0.962. The van der Waals surface area contributed by atoms with Gasteiger partial charge in [-0.3, -0.25) is 29.1 Å². The lowest BCUT2D eigenvalue weighted by Gasteiger charge is -2.53. The number of rotatable bonds is 5. The lowest BCUT2D eigenvalue weighted by atomic mass is 9.54. The number of carbonyl (C=O) groups is 3. The molecular formula is C27H28N8O9. The highest BCUT2D eigenvalue weighted by Gasteiger charge is 2.66. The molecule has 0 bridgehead atoms. The Morgan fingerprint density at radius 2 is 1.86 bits per heavy atom. The van der Waals surface area contributed by atoms with Gasteiger partial charge in [0.25, 0.3) is 11.5 Å². The Labute approximate surface area is 246 Å². The van der Waals surface area contributed by atoms with E-state index in [-0.39, 0.29) is 34.7 Å². The highest BCUT2D eigenvalue weighted by molar-refractivity contribution is 6.25. The Hall–Kier alpha value is -5.13. The van der Waals surface area contributed by atoms with Crippen LogP contribution in [-0.4, -0.2) is 106 Å². The number of hydrogen-bond acceptors (Lipinski definition) is 14. The van der Waals surface area contributed by atoms with E-state index >= 15 is 0 Å². The Bertz CT molecular complexity index is 1890. The number of carbonyl (C=O) groups excluding carboxylic acids is 3. The van der Waals surface area contributed by atoms with Gasteiger partial charge < -0.3 is 36.2 Å². The molecule has 230 valence electrons. The van der Waals surface area contributed by atoms with Gasteiger partial charge in [-0.05, 0) is 39.1 Å². The molecule has 0 spiro atoms. The summed E-state index contributed by atoms with van der Waals surface area (Å²) >= 11 is 0. The normalized spacial score (nSPS) is 28.2. The van der Waals surface area contributed by atoms with E-state index in [4.69, 9.17) is 0 Å². The maximum absolute atomic E-state index is 14.1. The summed E-state index contributed by atoms with van der Waals surface area (Å²) in [5.74, 6) is -8.21. The van der Waals surface area contributed by atoms with Gasteiger partial charge in [-0.15, -0.1) is 10.2 Å². The third-order valence-electron chi connectivity index (χ3n) is 8.70. The van der Waals surface area contributed by atoms with Gasteiger partial charge in [-0.2, -0.15) is 10.2 Å². The van der Waals surface area contributed by atoms with Crippen LogP contribution < -0.4 is 16.2 Å². The number of aromatic amines is 2. The average Bonchev–Trinajstić information content (AvgIpc) is 3.43. The number of Topliss-reactive ketones (excluding diaryl/α,β-unsaturated/α-hetero) is 2. The van der Waals surface area contributed by atoms with Gasteiger partial charge in [-0.1, -0.05) is 12.1 Å². The van der Waals surface area contributed by atoms with Gasteiger partial charge in [0.05, 0.1) is 23.9 Å². The summed E-state index contributed by atoms with van der Waals surface area (Å²) in [4.78, 5) is 61.1. The Kier molecular flexibility index (Phi) is 6.38. The zero-order chi connectivity index (χ0) is 31.9.